The maximum Gasteiger partial charge on any atom is 0.0702 e. The number of anilines is 6. The van der Waals surface area contributed by atoms with Gasteiger partial charge in [-0.1, -0.05) is 263 Å². The summed E-state index contributed by atoms with van der Waals surface area (Å²) in [4.78, 5) is 9.51. The van der Waals surface area contributed by atoms with E-state index in [1.165, 1.54) is 165 Å². The first-order valence-electron chi connectivity index (χ1n) is 39.8. The predicted octanol–water partition coefficient (Wildman–Crippen LogP) is 30.0. The highest BCUT2D eigenvalue weighted by molar-refractivity contribution is 6.32. The fourth-order valence-corrected chi connectivity index (χ4v) is 19.4. The number of nitrogens with zero attached hydrogens (tertiary/aromatic N) is 5. The van der Waals surface area contributed by atoms with E-state index >= 15 is 0 Å². The Morgan fingerprint density at radius 1 is 0.217 bits per heavy atom. The van der Waals surface area contributed by atoms with E-state index in [1.54, 1.807) is 0 Å². The normalized spacial score (nSPS) is 12.5. The zero-order valence-corrected chi connectivity index (χ0v) is 63.4. The third-order valence-corrected chi connectivity index (χ3v) is 24.6. The fourth-order valence-electron chi connectivity index (χ4n) is 19.4. The highest BCUT2D eigenvalue weighted by atomic mass is 15.1. The molecule has 0 radical (unpaired) electrons. The molecule has 0 atom stereocenters. The summed E-state index contributed by atoms with van der Waals surface area (Å²) in [6.45, 7) is 4.70. The molecule has 3 heterocycles. The average Bonchev–Trinajstić information content (AvgIpc) is 1.54. The molecule has 0 N–H and O–H groups in total. The van der Waals surface area contributed by atoms with E-state index in [4.69, 9.17) is 4.98 Å². The van der Waals surface area contributed by atoms with Crippen molar-refractivity contribution in [3.8, 4) is 101 Å². The Kier molecular flexibility index (Phi) is 15.0. The summed E-state index contributed by atoms with van der Waals surface area (Å²) in [5.74, 6) is 0. The van der Waals surface area contributed by atoms with Gasteiger partial charge < -0.3 is 18.9 Å². The molecule has 0 bridgehead atoms. The van der Waals surface area contributed by atoms with Crippen molar-refractivity contribution in [2.45, 2.75) is 19.3 Å². The van der Waals surface area contributed by atoms with Gasteiger partial charge in [-0.3, -0.25) is 4.98 Å². The van der Waals surface area contributed by atoms with Crippen LogP contribution in [-0.4, -0.2) is 14.1 Å². The van der Waals surface area contributed by atoms with Crippen molar-refractivity contribution >= 4 is 110 Å². The molecule has 18 aromatic carbocycles. The fraction of sp³-hybridized carbons (Fsp3) is 0.0273. The second-order valence-corrected chi connectivity index (χ2v) is 31.3. The third-order valence-electron chi connectivity index (χ3n) is 24.6. The molecule has 0 saturated heterocycles. The van der Waals surface area contributed by atoms with Crippen LogP contribution < -0.4 is 9.80 Å². The third kappa shape index (κ3) is 10.4. The molecule has 0 saturated carbocycles. The molecule has 115 heavy (non-hydrogen) atoms. The zero-order valence-electron chi connectivity index (χ0n) is 63.4. The van der Waals surface area contributed by atoms with Gasteiger partial charge in [0.1, 0.15) is 0 Å². The zero-order chi connectivity index (χ0) is 76.0. The molecule has 0 aliphatic heterocycles. The highest BCUT2D eigenvalue weighted by Crippen LogP contribution is 2.55. The summed E-state index contributed by atoms with van der Waals surface area (Å²) < 4.78 is 4.92. The summed E-state index contributed by atoms with van der Waals surface area (Å²) in [5, 5.41) is 13.0. The average molecular weight is 1460 g/mol. The first-order valence-corrected chi connectivity index (χ1v) is 39.8. The molecule has 0 unspecified atom stereocenters. The number of fused-ring (bicyclic) bond motifs is 10. The maximum absolute atomic E-state index is 4.83. The van der Waals surface area contributed by atoms with E-state index in [1.807, 2.05) is 12.3 Å². The molecule has 3 aliphatic rings. The molecule has 24 rings (SSSR count). The van der Waals surface area contributed by atoms with Crippen molar-refractivity contribution in [2.24, 2.45) is 0 Å². The van der Waals surface area contributed by atoms with Gasteiger partial charge >= 0.3 is 0 Å². The Hall–Kier alpha value is -14.9. The maximum atomic E-state index is 4.83. The number of benzene rings is 18. The van der Waals surface area contributed by atoms with E-state index in [0.29, 0.717) is 0 Å². The van der Waals surface area contributed by atoms with Crippen molar-refractivity contribution in [1.82, 2.24) is 14.1 Å². The van der Waals surface area contributed by atoms with Gasteiger partial charge in [-0.05, 0) is 273 Å². The Balaban J connectivity index is 0.000000139. The van der Waals surface area contributed by atoms with Gasteiger partial charge in [0.2, 0.25) is 0 Å². The monoisotopic (exact) mass is 1460 g/mol. The van der Waals surface area contributed by atoms with E-state index in [2.05, 4.69) is 427 Å². The minimum Gasteiger partial charge on any atom is -0.311 e. The van der Waals surface area contributed by atoms with Crippen LogP contribution in [0.4, 0.5) is 34.1 Å². The van der Waals surface area contributed by atoms with Crippen molar-refractivity contribution < 1.29 is 0 Å². The van der Waals surface area contributed by atoms with Crippen LogP contribution in [0, 0.1) is 0 Å². The van der Waals surface area contributed by atoms with E-state index < -0.39 is 0 Å². The van der Waals surface area contributed by atoms with Crippen LogP contribution in [0.1, 0.15) is 25.0 Å². The van der Waals surface area contributed by atoms with Gasteiger partial charge in [-0.15, -0.1) is 0 Å². The second-order valence-electron chi connectivity index (χ2n) is 31.3. The lowest BCUT2D eigenvalue weighted by atomic mass is 9.82. The summed E-state index contributed by atoms with van der Waals surface area (Å²) in [6, 6.07) is 147. The molecule has 538 valence electrons. The first-order chi connectivity index (χ1) is 56.8. The molecule has 3 aromatic heterocycles. The van der Waals surface area contributed by atoms with Crippen molar-refractivity contribution in [3.63, 3.8) is 0 Å². The molecular formula is C110H73N5. The van der Waals surface area contributed by atoms with Crippen LogP contribution in [0.25, 0.3) is 176 Å². The van der Waals surface area contributed by atoms with E-state index in [-0.39, 0.29) is 5.41 Å². The molecule has 0 spiro atoms. The topological polar surface area (TPSA) is 29.2 Å². The lowest BCUT2D eigenvalue weighted by molar-refractivity contribution is 0.660. The summed E-state index contributed by atoms with van der Waals surface area (Å²) >= 11 is 0. The Bertz CT molecular complexity index is 7450. The molecule has 0 amide bonds. The number of pyridine rings is 1. The minimum atomic E-state index is -0.0825. The predicted molar refractivity (Wildman–Crippen MR) is 484 cm³/mol. The smallest absolute Gasteiger partial charge is 0.0702 e. The lowest BCUT2D eigenvalue weighted by Crippen LogP contribution is -2.16. The van der Waals surface area contributed by atoms with Gasteiger partial charge in [-0.2, -0.15) is 0 Å². The largest absolute Gasteiger partial charge is 0.311 e. The van der Waals surface area contributed by atoms with Crippen LogP contribution in [0.5, 0.6) is 0 Å². The lowest BCUT2D eigenvalue weighted by Gasteiger charge is -2.28. The summed E-state index contributed by atoms with van der Waals surface area (Å²) in [6.07, 6.45) is 1.89. The number of hydrogen-bond acceptors (Lipinski definition) is 3. The van der Waals surface area contributed by atoms with Crippen molar-refractivity contribution in [1.29, 1.82) is 0 Å². The SMILES string of the molecule is CC1(C)c2ccccc2-c2ccc(N(c3ccccc3)c3ccc(-c4ccc(-n5c6cc(-c7ccccn7)cc7c6c6c8c(cccc8ccc65)-c5ccccc5-7)cc4)cc3)cc21.c1ccc(N(c2ccccc2)c2ccc(-c3ccc(-n4c5cccc6c5c5c7c(cccc7ccc54)-c4cc5ccccc5cc4-6)cc3)cc2)cc1. The Morgan fingerprint density at radius 3 is 1.15 bits per heavy atom. The summed E-state index contributed by atoms with van der Waals surface area (Å²) in [7, 11) is 0. The minimum absolute atomic E-state index is 0.0825. The molecule has 5 heteroatoms. The number of hydrogen-bond donors (Lipinski definition) is 0. The van der Waals surface area contributed by atoms with Crippen LogP contribution in [0.15, 0.2) is 407 Å². The quantitative estimate of drug-likeness (QED) is 0.129. The Morgan fingerprint density at radius 2 is 0.609 bits per heavy atom. The first kappa shape index (κ1) is 65.9. The Labute approximate surface area is 667 Å². The molecule has 5 nitrogen and oxygen atoms in total. The summed E-state index contributed by atoms with van der Waals surface area (Å²) in [5.41, 5.74) is 36.3. The number of aromatic nitrogens is 3. The van der Waals surface area contributed by atoms with Gasteiger partial charge in [0.25, 0.3) is 0 Å². The standard InChI is InChI=1S/C60H41N3.C50H32N2/c1-60(2)52-20-9-8-18-48(52)49-32-31-45(37-53(49)60)62(42-14-4-3-5-15-42)43-27-22-38(23-28-43)39-24-29-44(30-25-39)63-55-33-26-40-13-12-19-50-46-16-6-7-17-47(46)51-35-41(54-21-10-11-34-61-54)36-56(63)58(51)59(55)57(40)50;1-3-14-38(15-4-1)51(39-16-5-2-6-17-39)40-26-21-33(22-27-40)34-23-28-41(29-24-34)52-46-20-10-19-43-45-32-37-12-8-7-11-36(37)31-44(45)42-18-9-13-35-25-30-47(52)50(48(35)42)49(43)46/h3-37H,1-2H3;1-32H. The number of rotatable bonds is 11. The van der Waals surface area contributed by atoms with E-state index in [9.17, 15) is 0 Å². The van der Waals surface area contributed by atoms with Crippen LogP contribution in [0.2, 0.25) is 0 Å². The molecule has 0 fully saturated rings. The van der Waals surface area contributed by atoms with Crippen molar-refractivity contribution in [2.75, 3.05) is 9.80 Å². The van der Waals surface area contributed by atoms with Gasteiger partial charge in [-0.25, -0.2) is 0 Å². The van der Waals surface area contributed by atoms with Gasteiger partial charge in [0.05, 0.1) is 27.8 Å². The molecular weight excluding hydrogens is 1390 g/mol. The molecule has 21 aromatic rings. The van der Waals surface area contributed by atoms with Crippen LogP contribution in [0.3, 0.4) is 0 Å². The van der Waals surface area contributed by atoms with Crippen molar-refractivity contribution in [3.05, 3.63) is 418 Å². The van der Waals surface area contributed by atoms with Gasteiger partial charge in [0.15, 0.2) is 0 Å². The number of para-hydroxylation sites is 3. The van der Waals surface area contributed by atoms with E-state index in [0.717, 1.165) is 56.8 Å². The van der Waals surface area contributed by atoms with Crippen LogP contribution in [-0.2, 0) is 5.41 Å². The molecule has 3 aliphatic carbocycles. The highest BCUT2D eigenvalue weighted by Gasteiger charge is 2.36. The van der Waals surface area contributed by atoms with Crippen LogP contribution >= 0.6 is 0 Å². The van der Waals surface area contributed by atoms with Gasteiger partial charge in [0, 0.05) is 84.2 Å². The second kappa shape index (κ2) is 26.1.